The number of nitrogens with two attached hydrogens (primary N) is 1. The topological polar surface area (TPSA) is 85.8 Å². The monoisotopic (exact) mass is 415 g/mol. The zero-order chi connectivity index (χ0) is 17.0. The summed E-state index contributed by atoms with van der Waals surface area (Å²) in [5.74, 6) is -0.238. The van der Waals surface area contributed by atoms with Gasteiger partial charge < -0.3 is 11.1 Å². The van der Waals surface area contributed by atoms with Gasteiger partial charge in [-0.15, -0.1) is 17.5 Å². The molecule has 1 aromatic carbocycles. The number of carbonyl (C=O) groups is 1. The quantitative estimate of drug-likeness (QED) is 0.758. The van der Waals surface area contributed by atoms with Gasteiger partial charge in [-0.2, -0.15) is 0 Å². The number of nitrogens with zero attached hydrogens (tertiary/aromatic N) is 3. The fourth-order valence-electron chi connectivity index (χ4n) is 2.46. The average molecular weight is 417 g/mol. The van der Waals surface area contributed by atoms with Crippen LogP contribution in [0.4, 0.5) is 0 Å². The first-order valence-corrected chi connectivity index (χ1v) is 8.46. The molecule has 0 aliphatic heterocycles. The lowest BCUT2D eigenvalue weighted by molar-refractivity contribution is 0.0889. The number of hydrogen-bond acceptors (Lipinski definition) is 4. The Morgan fingerprint density at radius 2 is 2.04 bits per heavy atom. The van der Waals surface area contributed by atoms with Crippen LogP contribution in [0.15, 0.2) is 28.7 Å². The summed E-state index contributed by atoms with van der Waals surface area (Å²) in [5.41, 5.74) is 7.31. The zero-order valence-electron chi connectivity index (χ0n) is 14.0. The minimum atomic E-state index is -0.400. The lowest BCUT2D eigenvalue weighted by atomic mass is 9.92. The first-order chi connectivity index (χ1) is 11.0. The molecule has 0 bridgehead atoms. The molecule has 0 radical (unpaired) electrons. The molecule has 24 heavy (non-hydrogen) atoms. The third-order valence-corrected chi connectivity index (χ3v) is 4.78. The van der Waals surface area contributed by atoms with Crippen molar-refractivity contribution < 1.29 is 4.79 Å². The molecule has 1 heterocycles. The van der Waals surface area contributed by atoms with Gasteiger partial charge in [-0.3, -0.25) is 4.79 Å². The van der Waals surface area contributed by atoms with Crippen molar-refractivity contribution in [3.8, 4) is 5.69 Å². The number of rotatable bonds is 6. The SMILES string of the molecule is CCC(CC)(CN)NC(=O)c1nnn(-c2cccc(Br)c2)c1C.Cl. The molecule has 1 aromatic heterocycles. The van der Waals surface area contributed by atoms with Crippen LogP contribution in [0.3, 0.4) is 0 Å². The Hall–Kier alpha value is -1.44. The van der Waals surface area contributed by atoms with Gasteiger partial charge in [0, 0.05) is 11.0 Å². The first-order valence-electron chi connectivity index (χ1n) is 7.67. The number of nitrogens with one attached hydrogen (secondary N) is 1. The van der Waals surface area contributed by atoms with Gasteiger partial charge in [0.15, 0.2) is 5.69 Å². The fraction of sp³-hybridized carbons (Fsp3) is 0.438. The summed E-state index contributed by atoms with van der Waals surface area (Å²) in [4.78, 5) is 12.6. The van der Waals surface area contributed by atoms with Crippen LogP contribution in [0, 0.1) is 6.92 Å². The molecule has 0 aliphatic rings. The van der Waals surface area contributed by atoms with Gasteiger partial charge in [-0.25, -0.2) is 4.68 Å². The highest BCUT2D eigenvalue weighted by Gasteiger charge is 2.29. The molecule has 0 fully saturated rings. The molecule has 2 rings (SSSR count). The highest BCUT2D eigenvalue weighted by atomic mass is 79.9. The van der Waals surface area contributed by atoms with E-state index in [0.717, 1.165) is 23.0 Å². The molecule has 132 valence electrons. The normalized spacial score (nSPS) is 11.0. The van der Waals surface area contributed by atoms with Crippen molar-refractivity contribution >= 4 is 34.2 Å². The third kappa shape index (κ3) is 4.15. The van der Waals surface area contributed by atoms with Crippen LogP contribution in [0.2, 0.25) is 0 Å². The fourth-order valence-corrected chi connectivity index (χ4v) is 2.85. The van der Waals surface area contributed by atoms with Gasteiger partial charge in [0.2, 0.25) is 0 Å². The van der Waals surface area contributed by atoms with E-state index in [1.807, 2.05) is 45.0 Å². The van der Waals surface area contributed by atoms with Crippen LogP contribution in [0.25, 0.3) is 5.69 Å². The van der Waals surface area contributed by atoms with Crippen molar-refractivity contribution in [3.63, 3.8) is 0 Å². The van der Waals surface area contributed by atoms with E-state index in [-0.39, 0.29) is 18.3 Å². The van der Waals surface area contributed by atoms with Crippen molar-refractivity contribution in [2.75, 3.05) is 6.54 Å². The van der Waals surface area contributed by atoms with Gasteiger partial charge in [0.25, 0.3) is 5.91 Å². The van der Waals surface area contributed by atoms with E-state index < -0.39 is 5.54 Å². The summed E-state index contributed by atoms with van der Waals surface area (Å²) in [6, 6.07) is 7.68. The summed E-state index contributed by atoms with van der Waals surface area (Å²) < 4.78 is 2.59. The lowest BCUT2D eigenvalue weighted by Crippen LogP contribution is -2.53. The maximum absolute atomic E-state index is 12.6. The van der Waals surface area contributed by atoms with E-state index in [1.165, 1.54) is 0 Å². The van der Waals surface area contributed by atoms with Crippen molar-refractivity contribution in [1.29, 1.82) is 0 Å². The number of carbonyl (C=O) groups excluding carboxylic acids is 1. The van der Waals surface area contributed by atoms with Crippen LogP contribution in [0.1, 0.15) is 42.9 Å². The highest BCUT2D eigenvalue weighted by molar-refractivity contribution is 9.10. The molecule has 0 aliphatic carbocycles. The molecule has 0 saturated heterocycles. The number of halogens is 2. The predicted octanol–water partition coefficient (Wildman–Crippen LogP) is 3.01. The third-order valence-electron chi connectivity index (χ3n) is 4.29. The smallest absolute Gasteiger partial charge is 0.274 e. The van der Waals surface area contributed by atoms with Crippen LogP contribution in [-0.4, -0.2) is 33.0 Å². The summed E-state index contributed by atoms with van der Waals surface area (Å²) in [6.07, 6.45) is 1.54. The Bertz CT molecular complexity index is 691. The number of aromatic nitrogens is 3. The Morgan fingerprint density at radius 3 is 2.58 bits per heavy atom. The first kappa shape index (κ1) is 20.6. The summed E-state index contributed by atoms with van der Waals surface area (Å²) in [7, 11) is 0. The average Bonchev–Trinajstić information content (AvgIpc) is 2.94. The molecule has 0 atom stereocenters. The highest BCUT2D eigenvalue weighted by Crippen LogP contribution is 2.19. The molecular formula is C16H23BrClN5O. The molecule has 1 amide bonds. The van der Waals surface area contributed by atoms with E-state index in [0.29, 0.717) is 17.9 Å². The minimum absolute atomic E-state index is 0. The largest absolute Gasteiger partial charge is 0.344 e. The maximum atomic E-state index is 12.6. The second-order valence-corrected chi connectivity index (χ2v) is 6.48. The Morgan fingerprint density at radius 1 is 1.38 bits per heavy atom. The molecule has 0 spiro atoms. The molecule has 0 saturated carbocycles. The Kier molecular flexibility index (Phi) is 7.38. The van der Waals surface area contributed by atoms with Gasteiger partial charge in [-0.05, 0) is 38.0 Å². The molecule has 2 aromatic rings. The molecule has 3 N–H and O–H groups in total. The number of benzene rings is 1. The minimum Gasteiger partial charge on any atom is -0.344 e. The van der Waals surface area contributed by atoms with Crippen LogP contribution in [-0.2, 0) is 0 Å². The maximum Gasteiger partial charge on any atom is 0.274 e. The van der Waals surface area contributed by atoms with Gasteiger partial charge in [-0.1, -0.05) is 41.1 Å². The van der Waals surface area contributed by atoms with Gasteiger partial charge >= 0.3 is 0 Å². The van der Waals surface area contributed by atoms with Gasteiger partial charge in [0.05, 0.1) is 16.9 Å². The van der Waals surface area contributed by atoms with Crippen molar-refractivity contribution in [2.45, 2.75) is 39.2 Å². The molecule has 0 unspecified atom stereocenters. The molecule has 6 nitrogen and oxygen atoms in total. The van der Waals surface area contributed by atoms with Crippen LogP contribution < -0.4 is 11.1 Å². The second kappa shape index (κ2) is 8.60. The summed E-state index contributed by atoms with van der Waals surface area (Å²) >= 11 is 3.43. The molecule has 8 heteroatoms. The van der Waals surface area contributed by atoms with Gasteiger partial charge in [0.1, 0.15) is 0 Å². The van der Waals surface area contributed by atoms with E-state index in [2.05, 4.69) is 31.6 Å². The Labute approximate surface area is 156 Å². The van der Waals surface area contributed by atoms with E-state index in [4.69, 9.17) is 5.73 Å². The lowest BCUT2D eigenvalue weighted by Gasteiger charge is -2.31. The van der Waals surface area contributed by atoms with Crippen molar-refractivity contribution in [3.05, 3.63) is 40.1 Å². The summed E-state index contributed by atoms with van der Waals surface area (Å²) in [5, 5.41) is 11.2. The van der Waals surface area contributed by atoms with Crippen molar-refractivity contribution in [1.82, 2.24) is 20.3 Å². The van der Waals surface area contributed by atoms with Crippen LogP contribution in [0.5, 0.6) is 0 Å². The van der Waals surface area contributed by atoms with E-state index >= 15 is 0 Å². The van der Waals surface area contributed by atoms with Crippen molar-refractivity contribution in [2.24, 2.45) is 5.73 Å². The Balaban J connectivity index is 0.00000288. The number of amides is 1. The predicted molar refractivity (Wildman–Crippen MR) is 101 cm³/mol. The van der Waals surface area contributed by atoms with Crippen LogP contribution >= 0.6 is 28.3 Å². The standard InChI is InChI=1S/C16H22BrN5O.ClH/c1-4-16(5-2,10-18)19-15(23)14-11(3)22(21-20-14)13-8-6-7-12(17)9-13;/h6-9H,4-5,10,18H2,1-3H3,(H,19,23);1H. The zero-order valence-corrected chi connectivity index (χ0v) is 16.4. The van der Waals surface area contributed by atoms with E-state index in [9.17, 15) is 4.79 Å². The summed E-state index contributed by atoms with van der Waals surface area (Å²) in [6.45, 7) is 6.26. The molecular weight excluding hydrogens is 394 g/mol. The number of hydrogen-bond donors (Lipinski definition) is 2. The van der Waals surface area contributed by atoms with E-state index in [1.54, 1.807) is 4.68 Å². The second-order valence-electron chi connectivity index (χ2n) is 5.56.